The lowest BCUT2D eigenvalue weighted by atomic mass is 10.1. The van der Waals surface area contributed by atoms with Gasteiger partial charge in [0, 0.05) is 11.6 Å². The van der Waals surface area contributed by atoms with Gasteiger partial charge in [0.2, 0.25) is 0 Å². The summed E-state index contributed by atoms with van der Waals surface area (Å²) in [7, 11) is 0. The first-order valence-electron chi connectivity index (χ1n) is 7.45. The van der Waals surface area contributed by atoms with E-state index >= 15 is 0 Å². The highest BCUT2D eigenvalue weighted by atomic mass is 32.2. The van der Waals surface area contributed by atoms with Crippen LogP contribution in [0.25, 0.3) is 0 Å². The Labute approximate surface area is 139 Å². The Bertz CT molecular complexity index is 577. The molecule has 0 bridgehead atoms. The second-order valence-electron chi connectivity index (χ2n) is 5.58. The second-order valence-corrected chi connectivity index (χ2v) is 7.26. The lowest BCUT2D eigenvalue weighted by Gasteiger charge is -2.20. The van der Waals surface area contributed by atoms with Crippen molar-refractivity contribution in [1.82, 2.24) is 0 Å². The number of carbonyl (C=O) groups is 2. The lowest BCUT2D eigenvalue weighted by molar-refractivity contribution is -0.178. The minimum atomic E-state index is -1.45. The van der Waals surface area contributed by atoms with Crippen LogP contribution in [0.2, 0.25) is 0 Å². The van der Waals surface area contributed by atoms with E-state index in [0.29, 0.717) is 22.8 Å². The number of aliphatic hydroxyl groups excluding tert-OH is 1. The summed E-state index contributed by atoms with van der Waals surface area (Å²) in [6.07, 6.45) is -2.09. The maximum Gasteiger partial charge on any atom is 0.342 e. The lowest BCUT2D eigenvalue weighted by Crippen LogP contribution is -2.42. The Hall–Kier alpha value is -1.57. The van der Waals surface area contributed by atoms with Crippen LogP contribution in [-0.4, -0.2) is 40.2 Å². The Kier molecular flexibility index (Phi) is 6.04. The van der Waals surface area contributed by atoms with Gasteiger partial charge in [-0.15, -0.1) is 0 Å². The Morgan fingerprint density at radius 2 is 2.13 bits per heavy atom. The summed E-state index contributed by atoms with van der Waals surface area (Å²) in [4.78, 5) is 23.7. The fourth-order valence-electron chi connectivity index (χ4n) is 2.15. The van der Waals surface area contributed by atoms with E-state index in [9.17, 15) is 14.7 Å². The van der Waals surface area contributed by atoms with E-state index in [-0.39, 0.29) is 0 Å². The number of rotatable bonds is 7. The molecule has 0 fully saturated rings. The number of hydrogen-bond donors (Lipinski definition) is 2. The molecule has 3 atom stereocenters. The summed E-state index contributed by atoms with van der Waals surface area (Å²) >= 11 is 1.70. The predicted molar refractivity (Wildman–Crippen MR) is 86.9 cm³/mol. The van der Waals surface area contributed by atoms with Crippen molar-refractivity contribution in [2.75, 3.05) is 5.75 Å². The van der Waals surface area contributed by atoms with Crippen LogP contribution >= 0.6 is 11.8 Å². The highest BCUT2D eigenvalue weighted by Crippen LogP contribution is 2.31. The second kappa shape index (κ2) is 7.81. The topological polar surface area (TPSA) is 98.8 Å². The number of ether oxygens (including phenoxy) is 2. The van der Waals surface area contributed by atoms with E-state index in [1.807, 2.05) is 0 Å². The molecule has 0 aliphatic carbocycles. The van der Waals surface area contributed by atoms with E-state index < -0.39 is 30.4 Å². The van der Waals surface area contributed by atoms with Crippen molar-refractivity contribution in [3.05, 3.63) is 35.4 Å². The summed E-state index contributed by atoms with van der Waals surface area (Å²) in [5.74, 6) is -0.697. The molecule has 0 radical (unpaired) electrons. The third-order valence-electron chi connectivity index (χ3n) is 3.42. The first-order valence-corrected chi connectivity index (χ1v) is 8.50. The zero-order valence-electron chi connectivity index (χ0n) is 13.1. The Balaban J connectivity index is 1.90. The zero-order valence-corrected chi connectivity index (χ0v) is 13.9. The minimum Gasteiger partial charge on any atom is -0.419 e. The van der Waals surface area contributed by atoms with Crippen molar-refractivity contribution in [3.8, 4) is 0 Å². The molecule has 1 heterocycles. The molecule has 3 N–H and O–H groups in total. The summed E-state index contributed by atoms with van der Waals surface area (Å²) in [6.45, 7) is 4.12. The van der Waals surface area contributed by atoms with Gasteiger partial charge in [0.1, 0.15) is 0 Å². The van der Waals surface area contributed by atoms with Crippen LogP contribution in [0, 0.1) is 0 Å². The van der Waals surface area contributed by atoms with Gasteiger partial charge in [-0.25, -0.2) is 9.59 Å². The van der Waals surface area contributed by atoms with Gasteiger partial charge < -0.3 is 20.3 Å². The summed E-state index contributed by atoms with van der Waals surface area (Å²) in [5, 5.41) is 10.4. The molecule has 0 saturated carbocycles. The van der Waals surface area contributed by atoms with Crippen molar-refractivity contribution in [2.24, 2.45) is 5.73 Å². The first kappa shape index (κ1) is 17.8. The fourth-order valence-corrected chi connectivity index (χ4v) is 3.03. The van der Waals surface area contributed by atoms with Gasteiger partial charge in [0.05, 0.1) is 5.56 Å². The van der Waals surface area contributed by atoms with Gasteiger partial charge in [-0.3, -0.25) is 0 Å². The van der Waals surface area contributed by atoms with Gasteiger partial charge >= 0.3 is 11.9 Å². The molecule has 1 aromatic rings. The average Bonchev–Trinajstić information content (AvgIpc) is 2.82. The summed E-state index contributed by atoms with van der Waals surface area (Å²) < 4.78 is 10.1. The van der Waals surface area contributed by atoms with Crippen molar-refractivity contribution in [1.29, 1.82) is 0 Å². The van der Waals surface area contributed by atoms with Crippen molar-refractivity contribution < 1.29 is 24.2 Å². The van der Waals surface area contributed by atoms with Gasteiger partial charge in [-0.05, 0) is 23.5 Å². The average molecular weight is 339 g/mol. The number of esters is 2. The summed E-state index contributed by atoms with van der Waals surface area (Å²) in [5.41, 5.74) is 6.66. The minimum absolute atomic E-state index is 0.359. The fraction of sp³-hybridized carbons (Fsp3) is 0.500. The van der Waals surface area contributed by atoms with E-state index in [2.05, 4.69) is 13.8 Å². The van der Waals surface area contributed by atoms with Crippen LogP contribution in [0.1, 0.15) is 42.5 Å². The molecule has 126 valence electrons. The van der Waals surface area contributed by atoms with Crippen LogP contribution in [-0.2, 0) is 14.3 Å². The first-order chi connectivity index (χ1) is 10.9. The van der Waals surface area contributed by atoms with E-state index in [4.69, 9.17) is 15.2 Å². The number of nitrogens with two attached hydrogens (primary N) is 1. The third kappa shape index (κ3) is 4.46. The standard InChI is InChI=1S/C16H21NO5S/c1-9(2)23-8-7-12(17)13(18)15(20)22-16-11-6-4-3-5-10(11)14(19)21-16/h3-6,9,12-13,16,18H,7-8,17H2,1-2H3/t12-,13+,16?/m1/s1. The quantitative estimate of drug-likeness (QED) is 0.728. The number of aliphatic hydroxyl groups is 1. The maximum atomic E-state index is 12.0. The highest BCUT2D eigenvalue weighted by molar-refractivity contribution is 7.99. The highest BCUT2D eigenvalue weighted by Gasteiger charge is 2.35. The third-order valence-corrected chi connectivity index (χ3v) is 4.56. The zero-order chi connectivity index (χ0) is 17.0. The molecule has 0 saturated heterocycles. The number of benzene rings is 1. The number of thioether (sulfide) groups is 1. The van der Waals surface area contributed by atoms with Crippen molar-refractivity contribution in [3.63, 3.8) is 0 Å². The molecule has 0 amide bonds. The number of hydrogen-bond acceptors (Lipinski definition) is 7. The predicted octanol–water partition coefficient (Wildman–Crippen LogP) is 1.62. The molecule has 1 aliphatic rings. The van der Waals surface area contributed by atoms with Gasteiger partial charge in [0.25, 0.3) is 6.29 Å². The SMILES string of the molecule is CC(C)SCC[C@@H](N)[C@H](O)C(=O)OC1OC(=O)c2ccccc21. The normalized spacial score (nSPS) is 19.2. The van der Waals surface area contributed by atoms with E-state index in [1.165, 1.54) is 0 Å². The molecule has 23 heavy (non-hydrogen) atoms. The molecule has 1 aliphatic heterocycles. The van der Waals surface area contributed by atoms with Gasteiger partial charge in [-0.2, -0.15) is 11.8 Å². The largest absolute Gasteiger partial charge is 0.419 e. The Morgan fingerprint density at radius 3 is 2.83 bits per heavy atom. The number of carbonyl (C=O) groups excluding carboxylic acids is 2. The van der Waals surface area contributed by atoms with Crippen LogP contribution in [0.3, 0.4) is 0 Å². The van der Waals surface area contributed by atoms with Crippen LogP contribution < -0.4 is 5.73 Å². The summed E-state index contributed by atoms with van der Waals surface area (Å²) in [6, 6.07) is 5.93. The molecule has 1 unspecified atom stereocenters. The molecular formula is C16H21NO5S. The molecule has 0 aromatic heterocycles. The Morgan fingerprint density at radius 1 is 1.43 bits per heavy atom. The molecule has 7 heteroatoms. The van der Waals surface area contributed by atoms with E-state index in [1.54, 1.807) is 36.0 Å². The van der Waals surface area contributed by atoms with Gasteiger partial charge in [-0.1, -0.05) is 32.0 Å². The molecule has 0 spiro atoms. The van der Waals surface area contributed by atoms with E-state index in [0.717, 1.165) is 5.75 Å². The molecular weight excluding hydrogens is 318 g/mol. The molecule has 6 nitrogen and oxygen atoms in total. The smallest absolute Gasteiger partial charge is 0.342 e. The van der Waals surface area contributed by atoms with Crippen LogP contribution in [0.4, 0.5) is 0 Å². The van der Waals surface area contributed by atoms with Crippen molar-refractivity contribution in [2.45, 2.75) is 44.0 Å². The van der Waals surface area contributed by atoms with Gasteiger partial charge in [0.15, 0.2) is 6.10 Å². The monoisotopic (exact) mass is 339 g/mol. The number of cyclic esters (lactones) is 1. The number of fused-ring (bicyclic) bond motifs is 1. The maximum absolute atomic E-state index is 12.0. The molecule has 2 rings (SSSR count). The molecule has 1 aromatic carbocycles. The van der Waals surface area contributed by atoms with Crippen LogP contribution in [0.15, 0.2) is 24.3 Å². The van der Waals surface area contributed by atoms with Crippen LogP contribution in [0.5, 0.6) is 0 Å². The van der Waals surface area contributed by atoms with Crippen molar-refractivity contribution >= 4 is 23.7 Å².